The van der Waals surface area contributed by atoms with Gasteiger partial charge in [-0.1, -0.05) is 83.2 Å². The molecule has 3 heterocycles. The number of imide groups is 1. The predicted molar refractivity (Wildman–Crippen MR) is 168 cm³/mol. The van der Waals surface area contributed by atoms with Crippen LogP contribution in [0.2, 0.25) is 5.02 Å². The molecule has 1 fully saturated rings. The van der Waals surface area contributed by atoms with Gasteiger partial charge in [0.05, 0.1) is 16.6 Å². The van der Waals surface area contributed by atoms with Gasteiger partial charge in [-0.25, -0.2) is 4.90 Å². The van der Waals surface area contributed by atoms with E-state index in [9.17, 15) is 19.2 Å². The molecule has 8 nitrogen and oxygen atoms in total. The molecule has 0 aliphatic carbocycles. The average molecular weight is 628 g/mol. The first-order valence-corrected chi connectivity index (χ1v) is 15.5. The zero-order chi connectivity index (χ0) is 29.7. The number of halogens is 1. The first-order chi connectivity index (χ1) is 20.9. The number of hydrogen-bond acceptors (Lipinski definition) is 7. The quantitative estimate of drug-likeness (QED) is 0.222. The third kappa shape index (κ3) is 5.01. The molecule has 2 aliphatic heterocycles. The number of thioether (sulfide) groups is 1. The lowest BCUT2D eigenvalue weighted by Crippen LogP contribution is -2.32. The average Bonchev–Trinajstić information content (AvgIpc) is 3.50. The second-order valence-corrected chi connectivity index (χ2v) is 12.8. The molecule has 3 atom stereocenters. The van der Waals surface area contributed by atoms with Crippen molar-refractivity contribution in [2.45, 2.75) is 16.2 Å². The third-order valence-electron chi connectivity index (χ3n) is 7.55. The smallest absolute Gasteiger partial charge is 0.305 e. The van der Waals surface area contributed by atoms with Crippen molar-refractivity contribution in [2.75, 3.05) is 16.8 Å². The van der Waals surface area contributed by atoms with E-state index in [0.717, 1.165) is 22.1 Å². The van der Waals surface area contributed by atoms with E-state index in [2.05, 4.69) is 10.3 Å². The molecule has 3 amide bonds. The van der Waals surface area contributed by atoms with Gasteiger partial charge in [-0.15, -0.1) is 0 Å². The van der Waals surface area contributed by atoms with Crippen LogP contribution in [0.15, 0.2) is 101 Å². The molecule has 214 valence electrons. The number of para-hydroxylation sites is 1. The maximum absolute atomic E-state index is 14.0. The van der Waals surface area contributed by atoms with E-state index in [4.69, 9.17) is 16.3 Å². The molecule has 5 aromatic rings. The Bertz CT molecular complexity index is 1970. The Kier molecular flexibility index (Phi) is 7.04. The highest BCUT2D eigenvalue weighted by Crippen LogP contribution is 2.54. The molecule has 0 unspecified atom stereocenters. The topological polar surface area (TPSA) is 109 Å². The number of ether oxygens (including phenoxy) is 1. The van der Waals surface area contributed by atoms with E-state index in [1.54, 1.807) is 42.5 Å². The Labute approximate surface area is 258 Å². The minimum absolute atomic E-state index is 0.273. The number of nitrogens with zero attached hydrogens (tertiary/aromatic N) is 1. The summed E-state index contributed by atoms with van der Waals surface area (Å²) >= 11 is 8.26. The summed E-state index contributed by atoms with van der Waals surface area (Å²) in [5.74, 6) is -2.12. The minimum atomic E-state index is -0.789. The largest absolute Gasteiger partial charge is 0.483 e. The Balaban J connectivity index is 1.19. The Morgan fingerprint density at radius 3 is 2.47 bits per heavy atom. The number of carbonyl (C=O) groups excluding carboxylic acids is 3. The van der Waals surface area contributed by atoms with Gasteiger partial charge in [0.1, 0.15) is 11.0 Å². The second-order valence-electron chi connectivity index (χ2n) is 10.2. The van der Waals surface area contributed by atoms with E-state index in [-0.39, 0.29) is 29.2 Å². The Hall–Kier alpha value is -4.38. The summed E-state index contributed by atoms with van der Waals surface area (Å²) in [7, 11) is 0. The molecule has 0 spiro atoms. The van der Waals surface area contributed by atoms with Crippen LogP contribution in [0.25, 0.3) is 10.8 Å². The number of benzene rings is 4. The van der Waals surface area contributed by atoms with Crippen LogP contribution in [0.3, 0.4) is 0 Å². The Morgan fingerprint density at radius 2 is 1.65 bits per heavy atom. The number of amides is 3. The van der Waals surface area contributed by atoms with Gasteiger partial charge in [0.15, 0.2) is 6.61 Å². The number of nitrogens with one attached hydrogen (secondary N) is 2. The molecule has 0 saturated carbocycles. The van der Waals surface area contributed by atoms with Gasteiger partial charge < -0.3 is 15.0 Å². The monoisotopic (exact) mass is 627 g/mol. The van der Waals surface area contributed by atoms with Crippen molar-refractivity contribution in [3.8, 4) is 5.75 Å². The lowest BCUT2D eigenvalue weighted by atomic mass is 9.82. The SMILES string of the molecule is O=C(COc1ccccc1[C@@H]1c2sc(=O)[nH]c2S[C@H]2C(=O)N(c3ccc(Cl)cc3)C(=O)[C@@H]12)Nc1ccc2ccccc2c1. The summed E-state index contributed by atoms with van der Waals surface area (Å²) in [5.41, 5.74) is 1.69. The fourth-order valence-corrected chi connectivity index (χ4v) is 8.31. The Morgan fingerprint density at radius 1 is 0.907 bits per heavy atom. The first-order valence-electron chi connectivity index (χ1n) is 13.4. The normalized spacial score (nSPS) is 19.3. The van der Waals surface area contributed by atoms with Crippen LogP contribution in [-0.4, -0.2) is 34.6 Å². The van der Waals surface area contributed by atoms with E-state index in [1.165, 1.54) is 16.7 Å². The maximum Gasteiger partial charge on any atom is 0.305 e. The number of rotatable bonds is 6. The second kappa shape index (κ2) is 11.0. The standard InChI is InChI=1S/C32H22ClN3O5S2/c33-19-10-13-21(14-11-19)36-30(38)26-25(27-29(35-32(40)43-27)42-28(26)31(36)39)22-7-3-4-8-23(22)41-16-24(37)34-20-12-9-17-5-1-2-6-18(17)15-20/h1-15,25-26,28H,16H2,(H,34,37)(H,35,40)/t25-,26-,28+/m0/s1. The highest BCUT2D eigenvalue weighted by Gasteiger charge is 2.56. The zero-order valence-electron chi connectivity index (χ0n) is 22.3. The summed E-state index contributed by atoms with van der Waals surface area (Å²) in [6.07, 6.45) is 0. The molecule has 1 saturated heterocycles. The van der Waals surface area contributed by atoms with Crippen molar-refractivity contribution in [3.05, 3.63) is 116 Å². The highest BCUT2D eigenvalue weighted by atomic mass is 35.5. The summed E-state index contributed by atoms with van der Waals surface area (Å²) in [6, 6.07) is 27.2. The number of fused-ring (bicyclic) bond motifs is 3. The summed E-state index contributed by atoms with van der Waals surface area (Å²) < 4.78 is 6.04. The van der Waals surface area contributed by atoms with E-state index < -0.39 is 17.1 Å². The molecule has 2 N–H and O–H groups in total. The predicted octanol–water partition coefficient (Wildman–Crippen LogP) is 6.06. The maximum atomic E-state index is 14.0. The molecule has 11 heteroatoms. The van der Waals surface area contributed by atoms with Gasteiger partial charge in [0.2, 0.25) is 11.8 Å². The van der Waals surface area contributed by atoms with Crippen LogP contribution < -0.4 is 19.8 Å². The molecule has 0 radical (unpaired) electrons. The van der Waals surface area contributed by atoms with Crippen molar-refractivity contribution in [3.63, 3.8) is 0 Å². The number of thiazole rings is 1. The minimum Gasteiger partial charge on any atom is -0.483 e. The van der Waals surface area contributed by atoms with E-state index in [1.807, 2.05) is 48.5 Å². The van der Waals surface area contributed by atoms with Crippen molar-refractivity contribution >= 4 is 74.6 Å². The molecular formula is C32H22ClN3O5S2. The van der Waals surface area contributed by atoms with E-state index >= 15 is 0 Å². The number of carbonyl (C=O) groups is 3. The van der Waals surface area contributed by atoms with Crippen molar-refractivity contribution < 1.29 is 19.1 Å². The zero-order valence-corrected chi connectivity index (χ0v) is 24.7. The van der Waals surface area contributed by atoms with Gasteiger partial charge in [-0.3, -0.25) is 19.2 Å². The lowest BCUT2D eigenvalue weighted by Gasteiger charge is -2.30. The number of anilines is 2. The first kappa shape index (κ1) is 27.5. The number of aromatic amines is 1. The van der Waals surface area contributed by atoms with Gasteiger partial charge in [-0.2, -0.15) is 0 Å². The van der Waals surface area contributed by atoms with Crippen LogP contribution >= 0.6 is 34.7 Å². The van der Waals surface area contributed by atoms with Gasteiger partial charge in [-0.05, 0) is 53.2 Å². The van der Waals surface area contributed by atoms with Gasteiger partial charge >= 0.3 is 4.87 Å². The molecule has 2 aliphatic rings. The summed E-state index contributed by atoms with van der Waals surface area (Å²) in [4.78, 5) is 57.4. The summed E-state index contributed by atoms with van der Waals surface area (Å²) in [6.45, 7) is -0.278. The molecular weight excluding hydrogens is 606 g/mol. The number of aromatic nitrogens is 1. The van der Waals surface area contributed by atoms with Crippen LogP contribution in [0.1, 0.15) is 16.4 Å². The van der Waals surface area contributed by atoms with Crippen molar-refractivity contribution in [1.82, 2.24) is 4.98 Å². The molecule has 7 rings (SSSR count). The van der Waals surface area contributed by atoms with Crippen LogP contribution in [0.5, 0.6) is 5.75 Å². The van der Waals surface area contributed by atoms with Crippen LogP contribution in [-0.2, 0) is 14.4 Å². The molecule has 4 aromatic carbocycles. The fraction of sp³-hybridized carbons (Fsp3) is 0.125. The number of H-pyrrole nitrogens is 1. The van der Waals surface area contributed by atoms with Gasteiger partial charge in [0.25, 0.3) is 5.91 Å². The fourth-order valence-electron chi connectivity index (χ4n) is 5.67. The van der Waals surface area contributed by atoms with Crippen LogP contribution in [0, 0.1) is 5.92 Å². The lowest BCUT2D eigenvalue weighted by molar-refractivity contribution is -0.122. The molecule has 43 heavy (non-hydrogen) atoms. The van der Waals surface area contributed by atoms with Gasteiger partial charge in [0, 0.05) is 27.1 Å². The third-order valence-corrected chi connectivity index (χ3v) is 10.2. The highest BCUT2D eigenvalue weighted by molar-refractivity contribution is 8.00. The molecule has 1 aromatic heterocycles. The van der Waals surface area contributed by atoms with Crippen LogP contribution in [0.4, 0.5) is 11.4 Å². The number of hydrogen-bond donors (Lipinski definition) is 2. The van der Waals surface area contributed by atoms with Crippen molar-refractivity contribution in [1.29, 1.82) is 0 Å². The van der Waals surface area contributed by atoms with E-state index in [0.29, 0.717) is 37.6 Å². The summed E-state index contributed by atoms with van der Waals surface area (Å²) in [5, 5.41) is 5.23. The molecule has 0 bridgehead atoms. The van der Waals surface area contributed by atoms with Crippen molar-refractivity contribution in [2.24, 2.45) is 5.92 Å².